The molecule has 0 saturated heterocycles. The molecule has 2 nitrogen and oxygen atoms in total. The van der Waals surface area contributed by atoms with Gasteiger partial charge in [-0.15, -0.1) is 0 Å². The van der Waals surface area contributed by atoms with Gasteiger partial charge in [-0.05, 0) is 31.4 Å². The van der Waals surface area contributed by atoms with Crippen molar-refractivity contribution in [2.75, 3.05) is 0 Å². The van der Waals surface area contributed by atoms with Crippen LogP contribution in [-0.2, 0) is 11.3 Å². The van der Waals surface area contributed by atoms with Gasteiger partial charge in [0.2, 0.25) is 5.91 Å². The molecule has 2 heteroatoms. The third-order valence-electron chi connectivity index (χ3n) is 2.88. The molecule has 0 heterocycles. The smallest absolute Gasteiger partial charge is 0.246 e. The molecule has 2 rings (SSSR count). The van der Waals surface area contributed by atoms with Crippen molar-refractivity contribution in [2.24, 2.45) is 0 Å². The number of amides is 1. The fourth-order valence-corrected chi connectivity index (χ4v) is 1.90. The molecule has 16 heavy (non-hydrogen) atoms. The van der Waals surface area contributed by atoms with Gasteiger partial charge in [0.05, 0.1) is 0 Å². The molecular formula is C14H17NO. The van der Waals surface area contributed by atoms with E-state index in [9.17, 15) is 4.79 Å². The van der Waals surface area contributed by atoms with Gasteiger partial charge in [0.15, 0.2) is 0 Å². The summed E-state index contributed by atoms with van der Waals surface area (Å²) < 4.78 is 0. The van der Waals surface area contributed by atoms with Gasteiger partial charge in [0.25, 0.3) is 0 Å². The molecule has 1 fully saturated rings. The van der Waals surface area contributed by atoms with Crippen LogP contribution in [0.3, 0.4) is 0 Å². The first-order valence-corrected chi connectivity index (χ1v) is 5.69. The Morgan fingerprint density at radius 3 is 2.88 bits per heavy atom. The largest absolute Gasteiger partial charge is 0.332 e. The summed E-state index contributed by atoms with van der Waals surface area (Å²) in [4.78, 5) is 13.6. The number of benzene rings is 1. The van der Waals surface area contributed by atoms with Crippen LogP contribution >= 0.6 is 0 Å². The van der Waals surface area contributed by atoms with Gasteiger partial charge in [-0.3, -0.25) is 4.79 Å². The highest BCUT2D eigenvalue weighted by Gasteiger charge is 2.31. The van der Waals surface area contributed by atoms with Crippen LogP contribution in [0.25, 0.3) is 0 Å². The van der Waals surface area contributed by atoms with Crippen LogP contribution < -0.4 is 0 Å². The van der Waals surface area contributed by atoms with Crippen LogP contribution in [0.15, 0.2) is 36.9 Å². The molecule has 84 valence electrons. The van der Waals surface area contributed by atoms with E-state index in [1.54, 1.807) is 0 Å². The van der Waals surface area contributed by atoms with E-state index in [4.69, 9.17) is 0 Å². The topological polar surface area (TPSA) is 20.3 Å². The van der Waals surface area contributed by atoms with Crippen LogP contribution in [-0.4, -0.2) is 16.8 Å². The molecule has 1 aromatic rings. The van der Waals surface area contributed by atoms with Crippen molar-refractivity contribution in [2.45, 2.75) is 32.4 Å². The first-order valence-electron chi connectivity index (χ1n) is 5.69. The van der Waals surface area contributed by atoms with E-state index in [0.29, 0.717) is 12.6 Å². The lowest BCUT2D eigenvalue weighted by Gasteiger charge is -2.21. The summed E-state index contributed by atoms with van der Waals surface area (Å²) in [5.74, 6) is 0.0454. The number of carbonyl (C=O) groups excluding carboxylic acids is 1. The number of hydrogen-bond donors (Lipinski definition) is 0. The molecule has 1 amide bonds. The molecule has 0 aliphatic heterocycles. The number of hydrogen-bond acceptors (Lipinski definition) is 1. The van der Waals surface area contributed by atoms with Crippen molar-refractivity contribution in [1.82, 2.24) is 4.90 Å². The summed E-state index contributed by atoms with van der Waals surface area (Å²) in [5.41, 5.74) is 2.43. The van der Waals surface area contributed by atoms with Gasteiger partial charge in [0, 0.05) is 12.6 Å². The zero-order valence-electron chi connectivity index (χ0n) is 9.65. The van der Waals surface area contributed by atoms with Crippen molar-refractivity contribution in [3.8, 4) is 0 Å². The summed E-state index contributed by atoms with van der Waals surface area (Å²) in [5, 5.41) is 0. The minimum atomic E-state index is 0.0454. The van der Waals surface area contributed by atoms with E-state index >= 15 is 0 Å². The summed E-state index contributed by atoms with van der Waals surface area (Å²) in [6.45, 7) is 6.33. The maximum Gasteiger partial charge on any atom is 0.246 e. The van der Waals surface area contributed by atoms with Gasteiger partial charge in [-0.2, -0.15) is 0 Å². The second kappa shape index (κ2) is 4.52. The zero-order chi connectivity index (χ0) is 11.5. The summed E-state index contributed by atoms with van der Waals surface area (Å²) >= 11 is 0. The van der Waals surface area contributed by atoms with Crippen molar-refractivity contribution in [1.29, 1.82) is 0 Å². The number of carbonyl (C=O) groups is 1. The van der Waals surface area contributed by atoms with Crippen molar-refractivity contribution < 1.29 is 4.79 Å². The summed E-state index contributed by atoms with van der Waals surface area (Å²) in [7, 11) is 0. The Morgan fingerprint density at radius 1 is 1.56 bits per heavy atom. The van der Waals surface area contributed by atoms with E-state index in [1.807, 2.05) is 11.0 Å². The molecule has 0 unspecified atom stereocenters. The Labute approximate surface area is 96.6 Å². The maximum atomic E-state index is 11.7. The average Bonchev–Trinajstić information content (AvgIpc) is 3.09. The minimum absolute atomic E-state index is 0.0454. The quantitative estimate of drug-likeness (QED) is 0.707. The summed E-state index contributed by atoms with van der Waals surface area (Å²) in [6, 6.07) is 8.74. The monoisotopic (exact) mass is 215 g/mol. The molecule has 0 aromatic heterocycles. The fourth-order valence-electron chi connectivity index (χ4n) is 1.90. The van der Waals surface area contributed by atoms with Crippen molar-refractivity contribution in [3.05, 3.63) is 48.0 Å². The van der Waals surface area contributed by atoms with Gasteiger partial charge in [0.1, 0.15) is 0 Å². The lowest BCUT2D eigenvalue weighted by Crippen LogP contribution is -2.30. The maximum absolute atomic E-state index is 11.7. The average molecular weight is 215 g/mol. The predicted molar refractivity (Wildman–Crippen MR) is 64.9 cm³/mol. The Balaban J connectivity index is 2.11. The molecule has 0 N–H and O–H groups in total. The lowest BCUT2D eigenvalue weighted by molar-refractivity contribution is -0.127. The van der Waals surface area contributed by atoms with E-state index in [-0.39, 0.29) is 5.91 Å². The fraction of sp³-hybridized carbons (Fsp3) is 0.357. The molecule has 0 bridgehead atoms. The molecule has 1 aliphatic carbocycles. The van der Waals surface area contributed by atoms with Gasteiger partial charge < -0.3 is 4.90 Å². The normalized spacial score (nSPS) is 14.6. The van der Waals surface area contributed by atoms with Crippen molar-refractivity contribution in [3.63, 3.8) is 0 Å². The summed E-state index contributed by atoms with van der Waals surface area (Å²) in [6.07, 6.45) is 3.67. The Bertz CT molecular complexity index is 407. The van der Waals surface area contributed by atoms with E-state index in [2.05, 4.69) is 31.7 Å². The van der Waals surface area contributed by atoms with E-state index in [0.717, 1.165) is 12.8 Å². The third kappa shape index (κ3) is 2.51. The minimum Gasteiger partial charge on any atom is -0.332 e. The van der Waals surface area contributed by atoms with Crippen LogP contribution in [0.2, 0.25) is 0 Å². The number of nitrogens with zero attached hydrogens (tertiary/aromatic N) is 1. The number of rotatable bonds is 4. The molecule has 1 aliphatic rings. The first-order chi connectivity index (χ1) is 7.70. The second-order valence-electron chi connectivity index (χ2n) is 4.39. The standard InChI is InChI=1S/C14H17NO/c1-3-14(16)15(13-7-8-13)10-12-6-4-5-11(2)9-12/h3-6,9,13H,1,7-8,10H2,2H3. The third-order valence-corrected chi connectivity index (χ3v) is 2.88. The highest BCUT2D eigenvalue weighted by atomic mass is 16.2. The molecule has 0 spiro atoms. The molecule has 1 saturated carbocycles. The van der Waals surface area contributed by atoms with E-state index in [1.165, 1.54) is 17.2 Å². The van der Waals surface area contributed by atoms with Gasteiger partial charge in [-0.1, -0.05) is 36.4 Å². The first kappa shape index (κ1) is 10.9. The molecule has 1 aromatic carbocycles. The SMILES string of the molecule is C=CC(=O)N(Cc1cccc(C)c1)C1CC1. The lowest BCUT2D eigenvalue weighted by atomic mass is 10.1. The Morgan fingerprint density at radius 2 is 2.31 bits per heavy atom. The highest BCUT2D eigenvalue weighted by molar-refractivity contribution is 5.87. The molecular weight excluding hydrogens is 198 g/mol. The van der Waals surface area contributed by atoms with Gasteiger partial charge >= 0.3 is 0 Å². The second-order valence-corrected chi connectivity index (χ2v) is 4.39. The van der Waals surface area contributed by atoms with Gasteiger partial charge in [-0.25, -0.2) is 0 Å². The van der Waals surface area contributed by atoms with E-state index < -0.39 is 0 Å². The van der Waals surface area contributed by atoms with Crippen molar-refractivity contribution >= 4 is 5.91 Å². The predicted octanol–water partition coefficient (Wildman–Crippen LogP) is 2.67. The van der Waals surface area contributed by atoms with Crippen LogP contribution in [0.5, 0.6) is 0 Å². The van der Waals surface area contributed by atoms with Crippen LogP contribution in [0.4, 0.5) is 0 Å². The Hall–Kier alpha value is -1.57. The molecule has 0 radical (unpaired) electrons. The van der Waals surface area contributed by atoms with Crippen LogP contribution in [0.1, 0.15) is 24.0 Å². The Kier molecular flexibility index (Phi) is 3.09. The number of aryl methyl sites for hydroxylation is 1. The molecule has 0 atom stereocenters. The zero-order valence-corrected chi connectivity index (χ0v) is 9.65. The van der Waals surface area contributed by atoms with Crippen LogP contribution in [0, 0.1) is 6.92 Å². The highest BCUT2D eigenvalue weighted by Crippen LogP contribution is 2.28.